The molecular formula is C29H27F3N4O2S. The molecule has 1 N–H and O–H groups in total. The third-order valence-electron chi connectivity index (χ3n) is 6.94. The van der Waals surface area contributed by atoms with E-state index in [-0.39, 0.29) is 37.9 Å². The average molecular weight is 553 g/mol. The Morgan fingerprint density at radius 3 is 2.51 bits per heavy atom. The van der Waals surface area contributed by atoms with Crippen molar-refractivity contribution in [1.29, 1.82) is 0 Å². The number of benzene rings is 3. The number of rotatable bonds is 7. The molecule has 0 aliphatic heterocycles. The predicted molar refractivity (Wildman–Crippen MR) is 143 cm³/mol. The molecule has 6 nitrogen and oxygen atoms in total. The molecule has 1 saturated carbocycles. The average Bonchev–Trinajstić information content (AvgIpc) is 3.76. The topological polar surface area (TPSA) is 84.3 Å². The van der Waals surface area contributed by atoms with Crippen LogP contribution in [0.2, 0.25) is 0 Å². The van der Waals surface area contributed by atoms with Crippen LogP contribution in [-0.2, 0) is 15.7 Å². The van der Waals surface area contributed by atoms with E-state index in [1.165, 1.54) is 19.2 Å². The first-order chi connectivity index (χ1) is 18.6. The zero-order chi connectivity index (χ0) is 27.9. The molecule has 3 aromatic carbocycles. The minimum atomic E-state index is -3.80. The molecule has 39 heavy (non-hydrogen) atoms. The molecule has 4 aromatic rings. The Hall–Kier alpha value is -3.79. The van der Waals surface area contributed by atoms with Gasteiger partial charge in [-0.15, -0.1) is 10.2 Å². The number of alkyl halides is 2. The Balaban J connectivity index is 1.60. The molecule has 0 spiro atoms. The zero-order valence-corrected chi connectivity index (χ0v) is 22.5. The van der Waals surface area contributed by atoms with Crippen molar-refractivity contribution >= 4 is 26.5 Å². The van der Waals surface area contributed by atoms with Crippen molar-refractivity contribution in [3.8, 4) is 0 Å². The van der Waals surface area contributed by atoms with Crippen molar-refractivity contribution in [1.82, 2.24) is 15.5 Å². The van der Waals surface area contributed by atoms with Crippen molar-refractivity contribution < 1.29 is 22.2 Å². The first-order valence-corrected chi connectivity index (χ1v) is 14.0. The van der Waals surface area contributed by atoms with Gasteiger partial charge in [0.15, 0.2) is 5.03 Å². The normalized spacial score (nSPS) is 15.1. The van der Waals surface area contributed by atoms with Gasteiger partial charge in [-0.25, -0.2) is 13.0 Å². The highest BCUT2D eigenvalue weighted by Gasteiger charge is 2.36. The molecule has 1 heterocycles. The van der Waals surface area contributed by atoms with E-state index < -0.39 is 33.9 Å². The maximum Gasteiger partial charge on any atom is 0.290 e. The highest BCUT2D eigenvalue weighted by molar-refractivity contribution is 7.93. The van der Waals surface area contributed by atoms with Crippen LogP contribution in [0.4, 0.5) is 13.2 Å². The van der Waals surface area contributed by atoms with Gasteiger partial charge in [0.1, 0.15) is 15.5 Å². The number of carbonyl (C=O) groups is 1. The van der Waals surface area contributed by atoms with Gasteiger partial charge in [0, 0.05) is 18.0 Å². The van der Waals surface area contributed by atoms with Gasteiger partial charge in [-0.1, -0.05) is 54.1 Å². The second-order valence-corrected chi connectivity index (χ2v) is 12.0. The fourth-order valence-electron chi connectivity index (χ4n) is 4.79. The molecule has 1 atom stereocenters. The highest BCUT2D eigenvalue weighted by atomic mass is 32.2. The zero-order valence-electron chi connectivity index (χ0n) is 21.7. The van der Waals surface area contributed by atoms with Crippen LogP contribution in [0, 0.1) is 19.7 Å². The first kappa shape index (κ1) is 26.8. The number of aryl methyl sites for hydroxylation is 2. The van der Waals surface area contributed by atoms with Gasteiger partial charge in [0.2, 0.25) is 0 Å². The summed E-state index contributed by atoms with van der Waals surface area (Å²) >= 11 is 0. The van der Waals surface area contributed by atoms with Crippen molar-refractivity contribution in [3.05, 3.63) is 94.3 Å². The number of nitrogens with zero attached hydrogens (tertiary/aromatic N) is 3. The summed E-state index contributed by atoms with van der Waals surface area (Å²) < 4.78 is 64.5. The van der Waals surface area contributed by atoms with E-state index >= 15 is 13.2 Å². The lowest BCUT2D eigenvalue weighted by molar-refractivity contribution is -0.00309. The lowest BCUT2D eigenvalue weighted by Gasteiger charge is -2.21. The highest BCUT2D eigenvalue weighted by Crippen LogP contribution is 2.43. The van der Waals surface area contributed by atoms with Crippen molar-refractivity contribution in [2.45, 2.75) is 48.5 Å². The third kappa shape index (κ3) is 4.89. The van der Waals surface area contributed by atoms with E-state index in [1.54, 1.807) is 62.4 Å². The number of halogens is 3. The largest absolute Gasteiger partial charge is 0.345 e. The second kappa shape index (κ2) is 10.1. The molecule has 0 radical (unpaired) electrons. The molecule has 1 aliphatic carbocycles. The Morgan fingerprint density at radius 1 is 1.08 bits per heavy atom. The quantitative estimate of drug-likeness (QED) is 0.292. The molecule has 1 aromatic heterocycles. The van der Waals surface area contributed by atoms with Crippen LogP contribution in [-0.4, -0.2) is 33.9 Å². The number of carbonyl (C=O) groups excluding carboxylic acids is 1. The number of nitrogens with one attached hydrogen (secondary N) is 1. The van der Waals surface area contributed by atoms with Gasteiger partial charge in [-0.3, -0.25) is 4.79 Å². The minimum absolute atomic E-state index is 0.0309. The molecular weight excluding hydrogens is 525 g/mol. The van der Waals surface area contributed by atoms with Gasteiger partial charge in [-0.05, 0) is 55.9 Å². The Labute approximate surface area is 224 Å². The standard InChI is InChI=1S/C29H27F3N4O2S/c1-17-11-14-22(18(2)15-17)29(31,32)16-34-27(37)25-21-7-4-5-9-23(21)35-36-28(25)39(38,33-3)24-10-6-8-20(26(24)30)19-12-13-19/h4-11,14-15,19H,12-13,16H2,1-3H3,(H,34,37). The van der Waals surface area contributed by atoms with Crippen LogP contribution >= 0.6 is 0 Å². The van der Waals surface area contributed by atoms with Gasteiger partial charge in [0.25, 0.3) is 11.8 Å². The van der Waals surface area contributed by atoms with E-state index in [9.17, 15) is 9.00 Å². The summed E-state index contributed by atoms with van der Waals surface area (Å²) in [6, 6.07) is 15.6. The van der Waals surface area contributed by atoms with Crippen LogP contribution < -0.4 is 5.32 Å². The Bertz CT molecular complexity index is 1730. The van der Waals surface area contributed by atoms with Crippen LogP contribution in [0.3, 0.4) is 0 Å². The van der Waals surface area contributed by atoms with Crippen molar-refractivity contribution in [2.75, 3.05) is 13.6 Å². The molecule has 1 aliphatic rings. The molecule has 1 unspecified atom stereocenters. The van der Waals surface area contributed by atoms with Crippen molar-refractivity contribution in [2.24, 2.45) is 4.36 Å². The number of fused-ring (bicyclic) bond motifs is 1. The Kier molecular flexibility index (Phi) is 6.92. The molecule has 0 saturated heterocycles. The van der Waals surface area contributed by atoms with Crippen LogP contribution in [0.25, 0.3) is 10.9 Å². The number of hydrogen-bond acceptors (Lipinski definition) is 5. The molecule has 1 amide bonds. The molecule has 10 heteroatoms. The molecule has 0 bridgehead atoms. The minimum Gasteiger partial charge on any atom is -0.345 e. The van der Waals surface area contributed by atoms with E-state index in [0.29, 0.717) is 11.1 Å². The van der Waals surface area contributed by atoms with E-state index in [2.05, 4.69) is 19.9 Å². The maximum atomic E-state index is 15.6. The fraction of sp³-hybridized carbons (Fsp3) is 0.276. The first-order valence-electron chi connectivity index (χ1n) is 12.5. The number of aromatic nitrogens is 2. The van der Waals surface area contributed by atoms with Crippen LogP contribution in [0.1, 0.15) is 51.4 Å². The number of amides is 1. The summed E-state index contributed by atoms with van der Waals surface area (Å²) in [7, 11) is -2.55. The SMILES string of the molecule is CN=S(=O)(c1cccc(C2CC2)c1F)c1nnc2ccccc2c1C(=O)NCC(F)(F)c1ccc(C)cc1C. The van der Waals surface area contributed by atoms with Gasteiger partial charge in [-0.2, -0.15) is 8.78 Å². The van der Waals surface area contributed by atoms with E-state index in [1.807, 2.05) is 0 Å². The summed E-state index contributed by atoms with van der Waals surface area (Å²) in [4.78, 5) is 13.4. The fourth-order valence-corrected chi connectivity index (χ4v) is 6.62. The second-order valence-electron chi connectivity index (χ2n) is 9.74. The summed E-state index contributed by atoms with van der Waals surface area (Å²) in [5.41, 5.74) is 1.51. The third-order valence-corrected chi connectivity index (χ3v) is 9.17. The van der Waals surface area contributed by atoms with Gasteiger partial charge < -0.3 is 5.32 Å². The summed E-state index contributed by atoms with van der Waals surface area (Å²) in [6.45, 7) is 2.37. The van der Waals surface area contributed by atoms with Crippen LogP contribution in [0.15, 0.2) is 74.9 Å². The van der Waals surface area contributed by atoms with E-state index in [0.717, 1.165) is 18.4 Å². The lowest BCUT2D eigenvalue weighted by atomic mass is 10.00. The van der Waals surface area contributed by atoms with Gasteiger partial charge >= 0.3 is 0 Å². The molecule has 5 rings (SSSR count). The van der Waals surface area contributed by atoms with Gasteiger partial charge in [0.05, 0.1) is 22.5 Å². The predicted octanol–water partition coefficient (Wildman–Crippen LogP) is 6.30. The molecule has 1 fully saturated rings. The maximum absolute atomic E-state index is 15.6. The van der Waals surface area contributed by atoms with Crippen LogP contribution in [0.5, 0.6) is 0 Å². The lowest BCUT2D eigenvalue weighted by Crippen LogP contribution is -2.36. The van der Waals surface area contributed by atoms with Crippen molar-refractivity contribution in [3.63, 3.8) is 0 Å². The smallest absolute Gasteiger partial charge is 0.290 e. The summed E-state index contributed by atoms with van der Waals surface area (Å²) in [5.74, 6) is -4.96. The summed E-state index contributed by atoms with van der Waals surface area (Å²) in [6.07, 6.45) is 1.64. The molecule has 202 valence electrons. The number of hydrogen-bond donors (Lipinski definition) is 1. The monoisotopic (exact) mass is 552 g/mol. The summed E-state index contributed by atoms with van der Waals surface area (Å²) in [5, 5.41) is 10.3. The Morgan fingerprint density at radius 2 is 1.82 bits per heavy atom. The van der Waals surface area contributed by atoms with E-state index in [4.69, 9.17) is 0 Å².